The Kier molecular flexibility index (Phi) is 9.62. The number of nitrogens with one attached hydrogen (secondary N) is 2. The van der Waals surface area contributed by atoms with Gasteiger partial charge in [0.05, 0.1) is 24.5 Å². The van der Waals surface area contributed by atoms with E-state index in [1.165, 1.54) is 11.8 Å². The number of carbonyl (C=O) groups is 3. The van der Waals surface area contributed by atoms with E-state index < -0.39 is 5.97 Å². The second kappa shape index (κ2) is 12.6. The van der Waals surface area contributed by atoms with Crippen molar-refractivity contribution in [2.75, 3.05) is 18.8 Å². The molecule has 2 aliphatic rings. The molecule has 0 aromatic heterocycles. The Morgan fingerprint density at radius 1 is 1.03 bits per heavy atom. The lowest BCUT2D eigenvalue weighted by atomic mass is 9.77. The standard InChI is InChI=1S/C24H32N2O5S/c27-22(15-26-23(28)16-32-17-8-4-3-5-9-17)25-14-19-18(20-12-13-21(19)31-20)10-6-1-2-7-11-24(29)30/h1,3-6,8-9,18-21H,2,7,10-16H2,(H,25,27)(H,26,28)(H,29,30)/b6-1+. The van der Waals surface area contributed by atoms with Crippen LogP contribution in [0.5, 0.6) is 0 Å². The number of ether oxygens (including phenoxy) is 1. The van der Waals surface area contributed by atoms with E-state index in [4.69, 9.17) is 9.84 Å². The van der Waals surface area contributed by atoms with E-state index in [-0.39, 0.29) is 48.7 Å². The predicted molar refractivity (Wildman–Crippen MR) is 123 cm³/mol. The van der Waals surface area contributed by atoms with E-state index in [9.17, 15) is 14.4 Å². The van der Waals surface area contributed by atoms with E-state index in [1.807, 2.05) is 36.4 Å². The van der Waals surface area contributed by atoms with Crippen LogP contribution in [0.25, 0.3) is 0 Å². The van der Waals surface area contributed by atoms with E-state index in [0.29, 0.717) is 18.9 Å². The van der Waals surface area contributed by atoms with Gasteiger partial charge in [-0.1, -0.05) is 30.4 Å². The molecule has 4 atom stereocenters. The van der Waals surface area contributed by atoms with Crippen LogP contribution in [0.15, 0.2) is 47.4 Å². The number of benzene rings is 1. The first-order valence-electron chi connectivity index (χ1n) is 11.3. The number of carboxylic acid groups (broad SMARTS) is 1. The topological polar surface area (TPSA) is 105 Å². The van der Waals surface area contributed by atoms with E-state index in [1.54, 1.807) is 0 Å². The highest BCUT2D eigenvalue weighted by molar-refractivity contribution is 8.00. The van der Waals surface area contributed by atoms with Crippen LogP contribution >= 0.6 is 11.8 Å². The Morgan fingerprint density at radius 3 is 2.53 bits per heavy atom. The van der Waals surface area contributed by atoms with Crippen LogP contribution in [0.2, 0.25) is 0 Å². The quantitative estimate of drug-likeness (QED) is 0.237. The van der Waals surface area contributed by atoms with Gasteiger partial charge in [-0.2, -0.15) is 0 Å². The number of allylic oxidation sites excluding steroid dienone is 2. The number of unbranched alkanes of at least 4 members (excludes halogenated alkanes) is 1. The second-order valence-electron chi connectivity index (χ2n) is 8.29. The fraction of sp³-hybridized carbons (Fsp3) is 0.542. The van der Waals surface area contributed by atoms with Crippen molar-refractivity contribution in [1.82, 2.24) is 10.6 Å². The minimum absolute atomic E-state index is 0.0238. The van der Waals surface area contributed by atoms with Gasteiger partial charge in [-0.3, -0.25) is 14.4 Å². The zero-order valence-electron chi connectivity index (χ0n) is 18.2. The molecule has 4 unspecified atom stereocenters. The lowest BCUT2D eigenvalue weighted by molar-refractivity contribution is -0.137. The predicted octanol–water partition coefficient (Wildman–Crippen LogP) is 3.01. The van der Waals surface area contributed by atoms with Crippen LogP contribution in [0, 0.1) is 11.8 Å². The van der Waals surface area contributed by atoms with Crippen LogP contribution < -0.4 is 10.6 Å². The third-order valence-corrected chi connectivity index (χ3v) is 7.03. The highest BCUT2D eigenvalue weighted by Gasteiger charge is 2.47. The molecule has 0 spiro atoms. The molecular weight excluding hydrogens is 428 g/mol. The molecule has 2 fully saturated rings. The Balaban J connectivity index is 1.34. The summed E-state index contributed by atoms with van der Waals surface area (Å²) in [6.45, 7) is 0.524. The summed E-state index contributed by atoms with van der Waals surface area (Å²) in [5.74, 6) is -0.204. The van der Waals surface area contributed by atoms with Crippen LogP contribution in [0.1, 0.15) is 38.5 Å². The largest absolute Gasteiger partial charge is 0.481 e. The molecule has 1 aromatic rings. The first-order valence-corrected chi connectivity index (χ1v) is 12.2. The maximum atomic E-state index is 12.2. The molecule has 2 bridgehead atoms. The van der Waals surface area contributed by atoms with E-state index >= 15 is 0 Å². The molecule has 7 nitrogen and oxygen atoms in total. The molecule has 3 rings (SSSR count). The first-order chi connectivity index (χ1) is 15.5. The molecule has 3 N–H and O–H groups in total. The molecule has 174 valence electrons. The zero-order chi connectivity index (χ0) is 22.8. The summed E-state index contributed by atoms with van der Waals surface area (Å²) >= 11 is 1.44. The van der Waals surface area contributed by atoms with Gasteiger partial charge in [0, 0.05) is 23.8 Å². The molecule has 8 heteroatoms. The number of fused-ring (bicyclic) bond motifs is 2. The second-order valence-corrected chi connectivity index (χ2v) is 9.34. The average molecular weight is 461 g/mol. The smallest absolute Gasteiger partial charge is 0.303 e. The number of aliphatic carboxylic acids is 1. The minimum Gasteiger partial charge on any atom is -0.481 e. The van der Waals surface area contributed by atoms with Crippen molar-refractivity contribution in [3.8, 4) is 0 Å². The summed E-state index contributed by atoms with van der Waals surface area (Å²) in [6, 6.07) is 9.68. The van der Waals surface area contributed by atoms with Crippen LogP contribution in [-0.2, 0) is 19.1 Å². The van der Waals surface area contributed by atoms with Crippen molar-refractivity contribution in [3.63, 3.8) is 0 Å². The van der Waals surface area contributed by atoms with Gasteiger partial charge in [-0.25, -0.2) is 0 Å². The Bertz CT molecular complexity index is 801. The Hall–Kier alpha value is -2.32. The van der Waals surface area contributed by atoms with Crippen LogP contribution in [0.4, 0.5) is 0 Å². The van der Waals surface area contributed by atoms with Crippen molar-refractivity contribution < 1.29 is 24.2 Å². The molecule has 0 radical (unpaired) electrons. The summed E-state index contributed by atoms with van der Waals surface area (Å²) < 4.78 is 6.08. The fourth-order valence-corrected chi connectivity index (χ4v) is 5.16. The highest BCUT2D eigenvalue weighted by atomic mass is 32.2. The summed E-state index contributed by atoms with van der Waals surface area (Å²) in [5.41, 5.74) is 0. The fourth-order valence-electron chi connectivity index (χ4n) is 4.41. The van der Waals surface area contributed by atoms with Crippen molar-refractivity contribution in [3.05, 3.63) is 42.5 Å². The monoisotopic (exact) mass is 460 g/mol. The lowest BCUT2D eigenvalue weighted by Crippen LogP contribution is -2.42. The number of hydrogen-bond acceptors (Lipinski definition) is 5. The van der Waals surface area contributed by atoms with Crippen LogP contribution in [0.3, 0.4) is 0 Å². The van der Waals surface area contributed by atoms with Gasteiger partial charge >= 0.3 is 5.97 Å². The van der Waals surface area contributed by atoms with Gasteiger partial charge in [0.15, 0.2) is 0 Å². The molecule has 2 amide bonds. The summed E-state index contributed by atoms with van der Waals surface area (Å²) in [6.07, 6.45) is 9.15. The third-order valence-electron chi connectivity index (χ3n) is 6.02. The number of carboxylic acids is 1. The van der Waals surface area contributed by atoms with Gasteiger partial charge in [0.2, 0.25) is 11.8 Å². The maximum absolute atomic E-state index is 12.2. The van der Waals surface area contributed by atoms with Gasteiger partial charge in [-0.05, 0) is 50.2 Å². The van der Waals surface area contributed by atoms with E-state index in [0.717, 1.165) is 30.6 Å². The van der Waals surface area contributed by atoms with Crippen LogP contribution in [-0.4, -0.2) is 53.9 Å². The average Bonchev–Trinajstić information content (AvgIpc) is 3.39. The number of rotatable bonds is 13. The van der Waals surface area contributed by atoms with Crippen molar-refractivity contribution in [2.24, 2.45) is 11.8 Å². The Labute approximate surface area is 193 Å². The summed E-state index contributed by atoms with van der Waals surface area (Å²) in [4.78, 5) is 35.8. The summed E-state index contributed by atoms with van der Waals surface area (Å²) in [7, 11) is 0. The van der Waals surface area contributed by atoms with Crippen molar-refractivity contribution in [2.45, 2.75) is 55.6 Å². The highest BCUT2D eigenvalue weighted by Crippen LogP contribution is 2.44. The molecule has 0 saturated carbocycles. The number of thioether (sulfide) groups is 1. The maximum Gasteiger partial charge on any atom is 0.303 e. The lowest BCUT2D eigenvalue weighted by Gasteiger charge is -2.27. The Morgan fingerprint density at radius 2 is 1.78 bits per heavy atom. The van der Waals surface area contributed by atoms with Crippen molar-refractivity contribution in [1.29, 1.82) is 0 Å². The number of carbonyl (C=O) groups excluding carboxylic acids is 2. The van der Waals surface area contributed by atoms with Gasteiger partial charge in [0.25, 0.3) is 0 Å². The number of hydrogen-bond donors (Lipinski definition) is 3. The number of amides is 2. The normalized spacial score (nSPS) is 24.0. The van der Waals surface area contributed by atoms with Gasteiger partial charge in [0.1, 0.15) is 0 Å². The molecule has 2 aliphatic heterocycles. The van der Waals surface area contributed by atoms with Crippen molar-refractivity contribution >= 4 is 29.5 Å². The first kappa shape index (κ1) is 24.3. The summed E-state index contributed by atoms with van der Waals surface area (Å²) in [5, 5.41) is 14.3. The minimum atomic E-state index is -0.762. The molecule has 2 saturated heterocycles. The van der Waals surface area contributed by atoms with Gasteiger partial charge < -0.3 is 20.5 Å². The zero-order valence-corrected chi connectivity index (χ0v) is 19.0. The third kappa shape index (κ3) is 7.67. The molecular formula is C24H32N2O5S. The molecule has 32 heavy (non-hydrogen) atoms. The molecule has 0 aliphatic carbocycles. The SMILES string of the molecule is O=C(O)CCC/C=C/CC1C2CCC(O2)C1CNC(=O)CNC(=O)CSc1ccccc1. The van der Waals surface area contributed by atoms with E-state index in [2.05, 4.69) is 16.7 Å². The van der Waals surface area contributed by atoms with Gasteiger partial charge in [-0.15, -0.1) is 11.8 Å². The molecule has 2 heterocycles. The molecule has 1 aromatic carbocycles.